The number of aryl methyl sites for hydroxylation is 1. The van der Waals surface area contributed by atoms with Gasteiger partial charge in [0, 0.05) is 17.7 Å². The number of likely N-dealkylation sites (N-methyl/N-ethyl adjacent to an activating group) is 1. The molecule has 0 radical (unpaired) electrons. The first kappa shape index (κ1) is 16.3. The Morgan fingerprint density at radius 1 is 1.16 bits per heavy atom. The van der Waals surface area contributed by atoms with Crippen molar-refractivity contribution in [2.45, 2.75) is 25.3 Å². The van der Waals surface area contributed by atoms with Crippen LogP contribution in [0.5, 0.6) is 0 Å². The summed E-state index contributed by atoms with van der Waals surface area (Å²) in [7, 11) is 4.52. The molecule has 4 rings (SSSR count). The number of halogens is 1. The summed E-state index contributed by atoms with van der Waals surface area (Å²) < 4.78 is 14.2. The number of amides is 1. The average Bonchev–Trinajstić information content (AvgIpc) is 2.87. The number of rotatable bonds is 1. The molecule has 2 heterocycles. The second kappa shape index (κ2) is 5.67. The van der Waals surface area contributed by atoms with Crippen molar-refractivity contribution < 1.29 is 13.7 Å². The molecular weight excluding hydrogens is 315 g/mol. The summed E-state index contributed by atoms with van der Waals surface area (Å²) >= 11 is 0. The predicted molar refractivity (Wildman–Crippen MR) is 97.4 cm³/mol. The lowest BCUT2D eigenvalue weighted by atomic mass is 9.87. The van der Waals surface area contributed by atoms with Crippen LogP contribution in [0.2, 0.25) is 0 Å². The molecule has 0 bridgehead atoms. The number of benzene rings is 2. The minimum Gasteiger partial charge on any atom is -0.328 e. The second-order valence-electron chi connectivity index (χ2n) is 8.05. The van der Waals surface area contributed by atoms with Crippen LogP contribution in [0.1, 0.15) is 33.8 Å². The molecule has 25 heavy (non-hydrogen) atoms. The maximum Gasteiger partial charge on any atom is 0.258 e. The van der Waals surface area contributed by atoms with Crippen molar-refractivity contribution in [1.82, 2.24) is 0 Å². The van der Waals surface area contributed by atoms with E-state index in [9.17, 15) is 9.18 Å². The summed E-state index contributed by atoms with van der Waals surface area (Å²) in [6, 6.07) is 12.5. The van der Waals surface area contributed by atoms with Crippen molar-refractivity contribution in [2.75, 3.05) is 32.1 Å². The lowest BCUT2D eigenvalue weighted by Gasteiger charge is -2.41. The van der Waals surface area contributed by atoms with Gasteiger partial charge in [-0.1, -0.05) is 17.7 Å². The first-order valence-electron chi connectivity index (χ1n) is 8.87. The number of fused-ring (bicyclic) bond motifs is 3. The third-order valence-electron chi connectivity index (χ3n) is 5.67. The standard InChI is InChI=1S/C21H24FN2O/c1-14-4-9-19-17(12-14)18-13-24(2,3)11-10-20(18)23(19)21(25)15-5-7-16(22)8-6-15/h4-9,12,18,20H,10-11,13H2,1-3H3/q+1. The fraction of sp³-hybridized carbons (Fsp3) is 0.381. The van der Waals surface area contributed by atoms with Gasteiger partial charge in [-0.05, 0) is 42.8 Å². The third kappa shape index (κ3) is 2.74. The summed E-state index contributed by atoms with van der Waals surface area (Å²) in [5, 5.41) is 0. The van der Waals surface area contributed by atoms with Crippen LogP contribution < -0.4 is 4.90 Å². The summed E-state index contributed by atoms with van der Waals surface area (Å²) in [5.41, 5.74) is 4.08. The van der Waals surface area contributed by atoms with Gasteiger partial charge in [0.25, 0.3) is 5.91 Å². The number of nitrogens with zero attached hydrogens (tertiary/aromatic N) is 2. The Balaban J connectivity index is 1.77. The van der Waals surface area contributed by atoms with E-state index in [-0.39, 0.29) is 17.8 Å². The highest BCUT2D eigenvalue weighted by Gasteiger charge is 2.47. The SMILES string of the molecule is Cc1ccc2c(c1)C1C[N+](C)(C)CCC1N2C(=O)c1ccc(F)cc1. The molecule has 2 aromatic rings. The highest BCUT2D eigenvalue weighted by Crippen LogP contribution is 2.46. The van der Waals surface area contributed by atoms with E-state index in [1.807, 2.05) is 4.90 Å². The van der Waals surface area contributed by atoms with E-state index >= 15 is 0 Å². The molecule has 0 spiro atoms. The van der Waals surface area contributed by atoms with Crippen molar-refractivity contribution in [3.63, 3.8) is 0 Å². The zero-order valence-electron chi connectivity index (χ0n) is 15.0. The number of likely N-dealkylation sites (tertiary alicyclic amines) is 1. The van der Waals surface area contributed by atoms with Gasteiger partial charge in [-0.2, -0.15) is 0 Å². The Labute approximate surface area is 148 Å². The highest BCUT2D eigenvalue weighted by atomic mass is 19.1. The topological polar surface area (TPSA) is 20.3 Å². The molecule has 2 unspecified atom stereocenters. The van der Waals surface area contributed by atoms with Crippen molar-refractivity contribution in [2.24, 2.45) is 0 Å². The molecule has 0 aromatic heterocycles. The molecule has 2 atom stereocenters. The largest absolute Gasteiger partial charge is 0.328 e. The van der Waals surface area contributed by atoms with Crippen LogP contribution in [0.25, 0.3) is 0 Å². The first-order valence-corrected chi connectivity index (χ1v) is 8.87. The molecular formula is C21H24FN2O+. The van der Waals surface area contributed by atoms with Gasteiger partial charge in [0.1, 0.15) is 5.82 Å². The molecule has 0 aliphatic carbocycles. The minimum absolute atomic E-state index is 0.0233. The fourth-order valence-electron chi connectivity index (χ4n) is 4.40. The molecule has 2 aliphatic rings. The Hall–Kier alpha value is -2.20. The van der Waals surface area contributed by atoms with Gasteiger partial charge in [0.05, 0.1) is 39.1 Å². The maximum atomic E-state index is 13.2. The van der Waals surface area contributed by atoms with E-state index in [1.54, 1.807) is 12.1 Å². The van der Waals surface area contributed by atoms with Crippen LogP contribution in [-0.2, 0) is 0 Å². The van der Waals surface area contributed by atoms with Gasteiger partial charge in [0.15, 0.2) is 0 Å². The summed E-state index contributed by atoms with van der Waals surface area (Å²) in [6.07, 6.45) is 0.984. The normalized spacial score (nSPS) is 23.9. The van der Waals surface area contributed by atoms with Crippen LogP contribution >= 0.6 is 0 Å². The van der Waals surface area contributed by atoms with Gasteiger partial charge in [-0.3, -0.25) is 4.79 Å². The second-order valence-corrected chi connectivity index (χ2v) is 8.05. The van der Waals surface area contributed by atoms with Gasteiger partial charge in [-0.15, -0.1) is 0 Å². The van der Waals surface area contributed by atoms with E-state index in [0.29, 0.717) is 11.5 Å². The first-order chi connectivity index (χ1) is 11.9. The van der Waals surface area contributed by atoms with E-state index < -0.39 is 0 Å². The quantitative estimate of drug-likeness (QED) is 0.725. The monoisotopic (exact) mass is 339 g/mol. The number of hydrogen-bond acceptors (Lipinski definition) is 1. The lowest BCUT2D eigenvalue weighted by Crippen LogP contribution is -2.54. The molecule has 130 valence electrons. The van der Waals surface area contributed by atoms with E-state index in [0.717, 1.165) is 29.7 Å². The van der Waals surface area contributed by atoms with Gasteiger partial charge >= 0.3 is 0 Å². The summed E-state index contributed by atoms with van der Waals surface area (Å²) in [4.78, 5) is 15.2. The molecule has 0 saturated carbocycles. The maximum absolute atomic E-state index is 13.2. The summed E-state index contributed by atoms with van der Waals surface area (Å²) in [6.45, 7) is 4.19. The van der Waals surface area contributed by atoms with Crippen LogP contribution in [0.15, 0.2) is 42.5 Å². The molecule has 2 aliphatic heterocycles. The fourth-order valence-corrected chi connectivity index (χ4v) is 4.40. The van der Waals surface area contributed by atoms with Crippen molar-refractivity contribution in [3.8, 4) is 0 Å². The number of hydrogen-bond donors (Lipinski definition) is 0. The van der Waals surface area contributed by atoms with Crippen LogP contribution in [0.4, 0.5) is 10.1 Å². The Kier molecular flexibility index (Phi) is 3.69. The number of quaternary nitrogens is 1. The van der Waals surface area contributed by atoms with Crippen molar-refractivity contribution in [1.29, 1.82) is 0 Å². The Morgan fingerprint density at radius 3 is 2.60 bits per heavy atom. The van der Waals surface area contributed by atoms with E-state index in [1.165, 1.54) is 23.3 Å². The van der Waals surface area contributed by atoms with E-state index in [4.69, 9.17) is 0 Å². The van der Waals surface area contributed by atoms with Crippen molar-refractivity contribution in [3.05, 3.63) is 65.0 Å². The lowest BCUT2D eigenvalue weighted by molar-refractivity contribution is -0.896. The molecule has 1 fully saturated rings. The number of anilines is 1. The zero-order valence-corrected chi connectivity index (χ0v) is 15.0. The minimum atomic E-state index is -0.316. The number of carbonyl (C=O) groups excluding carboxylic acids is 1. The van der Waals surface area contributed by atoms with Crippen LogP contribution in [0, 0.1) is 12.7 Å². The van der Waals surface area contributed by atoms with E-state index in [2.05, 4.69) is 39.2 Å². The third-order valence-corrected chi connectivity index (χ3v) is 5.67. The highest BCUT2D eigenvalue weighted by molar-refractivity contribution is 6.08. The molecule has 2 aromatic carbocycles. The zero-order chi connectivity index (χ0) is 17.8. The van der Waals surface area contributed by atoms with Gasteiger partial charge in [0.2, 0.25) is 0 Å². The van der Waals surface area contributed by atoms with Gasteiger partial charge in [-0.25, -0.2) is 4.39 Å². The molecule has 0 N–H and O–H groups in total. The molecule has 1 saturated heterocycles. The molecule has 3 nitrogen and oxygen atoms in total. The van der Waals surface area contributed by atoms with Crippen LogP contribution in [0.3, 0.4) is 0 Å². The number of carbonyl (C=O) groups is 1. The predicted octanol–water partition coefficient (Wildman–Crippen LogP) is 3.73. The Morgan fingerprint density at radius 2 is 1.88 bits per heavy atom. The molecule has 1 amide bonds. The number of piperidine rings is 1. The molecule has 4 heteroatoms. The summed E-state index contributed by atoms with van der Waals surface area (Å²) in [5.74, 6) is 0.0245. The van der Waals surface area contributed by atoms with Crippen LogP contribution in [-0.4, -0.2) is 43.6 Å². The van der Waals surface area contributed by atoms with Crippen molar-refractivity contribution >= 4 is 11.6 Å². The average molecular weight is 339 g/mol. The van der Waals surface area contributed by atoms with Gasteiger partial charge < -0.3 is 9.38 Å². The smallest absolute Gasteiger partial charge is 0.258 e. The Bertz CT molecular complexity index is 828.